The van der Waals surface area contributed by atoms with Gasteiger partial charge in [0.2, 0.25) is 5.82 Å². The highest BCUT2D eigenvalue weighted by molar-refractivity contribution is 5.58. The molecule has 0 amide bonds. The summed E-state index contributed by atoms with van der Waals surface area (Å²) in [6, 6.07) is 5.60. The number of aromatic nitrogens is 4. The molecule has 3 rings (SSSR count). The average Bonchev–Trinajstić information content (AvgIpc) is 3.19. The summed E-state index contributed by atoms with van der Waals surface area (Å²) in [6.45, 7) is -0.465. The maximum Gasteiger partial charge on any atom is 0.387 e. The van der Waals surface area contributed by atoms with Crippen LogP contribution in [0.1, 0.15) is 12.0 Å². The summed E-state index contributed by atoms with van der Waals surface area (Å²) in [4.78, 5) is 4.43. The molecule has 2 heterocycles. The molecule has 1 aromatic carbocycles. The number of halogens is 2. The van der Waals surface area contributed by atoms with E-state index >= 15 is 0 Å². The first-order valence-electron chi connectivity index (χ1n) is 7.73. The Morgan fingerprint density at radius 3 is 2.88 bits per heavy atom. The molecule has 0 radical (unpaired) electrons. The fourth-order valence-electron chi connectivity index (χ4n) is 2.93. The summed E-state index contributed by atoms with van der Waals surface area (Å²) in [5.74, 6) is 0.495. The van der Waals surface area contributed by atoms with Gasteiger partial charge in [-0.25, -0.2) is 0 Å². The van der Waals surface area contributed by atoms with Crippen LogP contribution in [0.25, 0.3) is 11.4 Å². The van der Waals surface area contributed by atoms with E-state index in [-0.39, 0.29) is 5.75 Å². The SMILES string of the molecule is CN(C)C1CCN(Cc2ccc(-c3nn[nH]n3)cc2OC(F)F)C1. The van der Waals surface area contributed by atoms with E-state index in [0.29, 0.717) is 24.0 Å². The number of ether oxygens (including phenoxy) is 1. The molecule has 1 aliphatic rings. The molecule has 1 unspecified atom stereocenters. The van der Waals surface area contributed by atoms with Gasteiger partial charge in [-0.05, 0) is 31.8 Å². The number of rotatable bonds is 6. The third-order valence-electron chi connectivity index (χ3n) is 4.26. The number of aromatic amines is 1. The summed E-state index contributed by atoms with van der Waals surface area (Å²) in [7, 11) is 4.11. The lowest BCUT2D eigenvalue weighted by atomic mass is 10.1. The molecule has 1 saturated heterocycles. The van der Waals surface area contributed by atoms with Crippen LogP contribution >= 0.6 is 0 Å². The van der Waals surface area contributed by atoms with E-state index in [9.17, 15) is 8.78 Å². The first kappa shape index (κ1) is 16.7. The van der Waals surface area contributed by atoms with Gasteiger partial charge in [0, 0.05) is 36.8 Å². The molecule has 1 N–H and O–H groups in total. The van der Waals surface area contributed by atoms with Gasteiger partial charge in [0.25, 0.3) is 0 Å². The van der Waals surface area contributed by atoms with Crippen LogP contribution in [0.3, 0.4) is 0 Å². The minimum absolute atomic E-state index is 0.153. The van der Waals surface area contributed by atoms with Crippen LogP contribution in [0.5, 0.6) is 5.75 Å². The van der Waals surface area contributed by atoms with Crippen molar-refractivity contribution < 1.29 is 13.5 Å². The standard InChI is InChI=1S/C15H20F2N6O/c1-22(2)12-5-6-23(9-12)8-11-4-3-10(14-18-20-21-19-14)7-13(11)24-15(16)17/h3-4,7,12,15H,5-6,8-9H2,1-2H3,(H,18,19,20,21). The number of nitrogens with one attached hydrogen (secondary N) is 1. The zero-order chi connectivity index (χ0) is 17.1. The number of likely N-dealkylation sites (tertiary alicyclic amines) is 1. The summed E-state index contributed by atoms with van der Waals surface area (Å²) >= 11 is 0. The molecule has 1 fully saturated rings. The molecule has 0 saturated carbocycles. The van der Waals surface area contributed by atoms with Crippen LogP contribution in [0.2, 0.25) is 0 Å². The Morgan fingerprint density at radius 2 is 2.25 bits per heavy atom. The van der Waals surface area contributed by atoms with Crippen molar-refractivity contribution in [1.82, 2.24) is 30.4 Å². The molecule has 9 heteroatoms. The smallest absolute Gasteiger partial charge is 0.387 e. The number of hydrogen-bond acceptors (Lipinski definition) is 6. The normalized spacial score (nSPS) is 18.7. The molecule has 7 nitrogen and oxygen atoms in total. The van der Waals surface area contributed by atoms with Gasteiger partial charge >= 0.3 is 6.61 Å². The van der Waals surface area contributed by atoms with Gasteiger partial charge in [-0.2, -0.15) is 14.0 Å². The number of tetrazole rings is 1. The number of likely N-dealkylation sites (N-methyl/N-ethyl adjacent to an activating group) is 1. The fourth-order valence-corrected chi connectivity index (χ4v) is 2.93. The molecule has 2 aromatic rings. The molecule has 0 bridgehead atoms. The van der Waals surface area contributed by atoms with Crippen molar-refractivity contribution in [2.24, 2.45) is 0 Å². The third kappa shape index (κ3) is 3.85. The van der Waals surface area contributed by atoms with E-state index in [2.05, 4.69) is 44.5 Å². The third-order valence-corrected chi connectivity index (χ3v) is 4.26. The van der Waals surface area contributed by atoms with E-state index in [4.69, 9.17) is 4.74 Å². The van der Waals surface area contributed by atoms with Crippen molar-refractivity contribution in [3.63, 3.8) is 0 Å². The van der Waals surface area contributed by atoms with E-state index < -0.39 is 6.61 Å². The van der Waals surface area contributed by atoms with Crippen molar-refractivity contribution >= 4 is 0 Å². The van der Waals surface area contributed by atoms with Crippen LogP contribution in [0.4, 0.5) is 8.78 Å². The van der Waals surface area contributed by atoms with Crippen molar-refractivity contribution in [2.45, 2.75) is 25.6 Å². The molecule has 0 aliphatic carbocycles. The second-order valence-electron chi connectivity index (χ2n) is 6.08. The molecule has 1 atom stereocenters. The lowest BCUT2D eigenvalue weighted by Gasteiger charge is -2.21. The summed E-state index contributed by atoms with van der Waals surface area (Å²) in [6.07, 6.45) is 1.07. The predicted molar refractivity (Wildman–Crippen MR) is 83.6 cm³/mol. The Labute approximate surface area is 138 Å². The van der Waals surface area contributed by atoms with Gasteiger partial charge in [0.1, 0.15) is 5.75 Å². The first-order chi connectivity index (χ1) is 11.5. The van der Waals surface area contributed by atoms with Crippen LogP contribution in [-0.4, -0.2) is 70.3 Å². The van der Waals surface area contributed by atoms with Crippen molar-refractivity contribution in [2.75, 3.05) is 27.2 Å². The van der Waals surface area contributed by atoms with Gasteiger partial charge < -0.3 is 9.64 Å². The Hall–Kier alpha value is -2.13. The lowest BCUT2D eigenvalue weighted by molar-refractivity contribution is -0.0507. The molecular weight excluding hydrogens is 318 g/mol. The minimum Gasteiger partial charge on any atom is -0.434 e. The topological polar surface area (TPSA) is 70.2 Å². The van der Waals surface area contributed by atoms with Gasteiger partial charge in [0.05, 0.1) is 0 Å². The van der Waals surface area contributed by atoms with E-state index in [1.807, 2.05) is 0 Å². The molecule has 1 aromatic heterocycles. The number of alkyl halides is 2. The quantitative estimate of drug-likeness (QED) is 0.863. The Balaban J connectivity index is 1.79. The van der Waals surface area contributed by atoms with Gasteiger partial charge in [-0.1, -0.05) is 12.1 Å². The highest BCUT2D eigenvalue weighted by Gasteiger charge is 2.25. The molecule has 130 valence electrons. The van der Waals surface area contributed by atoms with Crippen molar-refractivity contribution in [3.05, 3.63) is 23.8 Å². The minimum atomic E-state index is -2.88. The summed E-state index contributed by atoms with van der Waals surface area (Å²) < 4.78 is 30.2. The maximum atomic E-state index is 12.8. The molecular formula is C15H20F2N6O. The van der Waals surface area contributed by atoms with Crippen LogP contribution < -0.4 is 4.74 Å². The average molecular weight is 338 g/mol. The van der Waals surface area contributed by atoms with Crippen LogP contribution in [0.15, 0.2) is 18.2 Å². The Morgan fingerprint density at radius 1 is 1.42 bits per heavy atom. The van der Waals surface area contributed by atoms with E-state index in [1.54, 1.807) is 12.1 Å². The highest BCUT2D eigenvalue weighted by atomic mass is 19.3. The fraction of sp³-hybridized carbons (Fsp3) is 0.533. The van der Waals surface area contributed by atoms with Crippen molar-refractivity contribution in [3.8, 4) is 17.1 Å². The zero-order valence-electron chi connectivity index (χ0n) is 13.6. The van der Waals surface area contributed by atoms with Gasteiger partial charge in [-0.15, -0.1) is 10.2 Å². The Bertz CT molecular complexity index is 664. The van der Waals surface area contributed by atoms with E-state index in [0.717, 1.165) is 25.1 Å². The first-order valence-corrected chi connectivity index (χ1v) is 7.73. The van der Waals surface area contributed by atoms with Crippen molar-refractivity contribution in [1.29, 1.82) is 0 Å². The van der Waals surface area contributed by atoms with E-state index in [1.165, 1.54) is 6.07 Å². The monoisotopic (exact) mass is 338 g/mol. The van der Waals surface area contributed by atoms with Crippen LogP contribution in [-0.2, 0) is 6.54 Å². The zero-order valence-corrected chi connectivity index (χ0v) is 13.6. The molecule has 0 spiro atoms. The Kier molecular flexibility index (Phi) is 5.00. The summed E-state index contributed by atoms with van der Waals surface area (Å²) in [5.41, 5.74) is 1.30. The van der Waals surface area contributed by atoms with Crippen LogP contribution in [0, 0.1) is 0 Å². The summed E-state index contributed by atoms with van der Waals surface area (Å²) in [5, 5.41) is 13.6. The largest absolute Gasteiger partial charge is 0.434 e. The highest BCUT2D eigenvalue weighted by Crippen LogP contribution is 2.29. The number of hydrogen-bond donors (Lipinski definition) is 1. The molecule has 24 heavy (non-hydrogen) atoms. The van der Waals surface area contributed by atoms with Gasteiger partial charge in [0.15, 0.2) is 0 Å². The maximum absolute atomic E-state index is 12.8. The van der Waals surface area contributed by atoms with Gasteiger partial charge in [-0.3, -0.25) is 4.90 Å². The number of H-pyrrole nitrogens is 1. The predicted octanol–water partition coefficient (Wildman–Crippen LogP) is 1.60. The second-order valence-corrected chi connectivity index (χ2v) is 6.08. The molecule has 1 aliphatic heterocycles. The second kappa shape index (κ2) is 7.18. The number of benzene rings is 1. The number of nitrogens with zero attached hydrogens (tertiary/aromatic N) is 5. The lowest BCUT2D eigenvalue weighted by Crippen LogP contribution is -2.31.